The van der Waals surface area contributed by atoms with Crippen LogP contribution in [0.5, 0.6) is 0 Å². The first kappa shape index (κ1) is 13.8. The summed E-state index contributed by atoms with van der Waals surface area (Å²) >= 11 is 0. The van der Waals surface area contributed by atoms with Crippen LogP contribution in [-0.2, 0) is 0 Å². The summed E-state index contributed by atoms with van der Waals surface area (Å²) in [5, 5.41) is 3.98. The van der Waals surface area contributed by atoms with Crippen molar-refractivity contribution in [3.05, 3.63) is 58.4 Å². The second-order valence-electron chi connectivity index (χ2n) is 4.65. The van der Waals surface area contributed by atoms with Gasteiger partial charge in [-0.2, -0.15) is 0 Å². The molecule has 0 unspecified atom stereocenters. The predicted octanol–water partition coefficient (Wildman–Crippen LogP) is 1.12. The summed E-state index contributed by atoms with van der Waals surface area (Å²) < 4.78 is 15.4. The summed E-state index contributed by atoms with van der Waals surface area (Å²) in [4.78, 5) is 18.3. The number of nitrogens with two attached hydrogens (primary N) is 2. The Morgan fingerprint density at radius 2 is 2.18 bits per heavy atom. The third kappa shape index (κ3) is 2.41. The van der Waals surface area contributed by atoms with E-state index in [9.17, 15) is 9.18 Å². The number of hydrogen-bond donors (Lipinski definition) is 3. The van der Waals surface area contributed by atoms with Gasteiger partial charge in [-0.25, -0.2) is 13.9 Å². The number of amidine groups is 1. The average Bonchev–Trinajstić information content (AvgIpc) is 2.90. The fraction of sp³-hybridized carbons (Fsp3) is 0.0714. The molecule has 0 amide bonds. The number of H-pyrrole nitrogens is 1. The molecule has 0 radical (unpaired) electrons. The van der Waals surface area contributed by atoms with Gasteiger partial charge in [0.1, 0.15) is 5.52 Å². The Bertz CT molecular complexity index is 915. The summed E-state index contributed by atoms with van der Waals surface area (Å²) in [5.74, 6) is -0.884. The van der Waals surface area contributed by atoms with Crippen LogP contribution >= 0.6 is 0 Å². The van der Waals surface area contributed by atoms with Crippen LogP contribution in [-0.4, -0.2) is 20.4 Å². The molecule has 0 fully saturated rings. The van der Waals surface area contributed by atoms with Crippen molar-refractivity contribution < 1.29 is 4.39 Å². The van der Waals surface area contributed by atoms with Crippen molar-refractivity contribution in [3.63, 3.8) is 0 Å². The zero-order chi connectivity index (χ0) is 15.7. The number of nitrogen functional groups attached to an aromatic ring is 1. The van der Waals surface area contributed by atoms with Gasteiger partial charge in [0.25, 0.3) is 5.56 Å². The van der Waals surface area contributed by atoms with Gasteiger partial charge in [-0.3, -0.25) is 9.78 Å². The zero-order valence-corrected chi connectivity index (χ0v) is 11.5. The monoisotopic (exact) mass is 300 g/mol. The van der Waals surface area contributed by atoms with Gasteiger partial charge in [-0.15, -0.1) is 5.10 Å². The van der Waals surface area contributed by atoms with E-state index in [-0.39, 0.29) is 17.3 Å². The lowest BCUT2D eigenvalue weighted by Gasteiger charge is -2.02. The quantitative estimate of drug-likeness (QED) is 0.732. The van der Waals surface area contributed by atoms with Gasteiger partial charge in [-0.1, -0.05) is 12.2 Å². The number of nitrogens with zero attached hydrogens (tertiary/aromatic N) is 3. The number of hydrogen-bond acceptors (Lipinski definition) is 5. The topological polar surface area (TPSA) is 115 Å². The van der Waals surface area contributed by atoms with E-state index in [1.54, 1.807) is 24.4 Å². The van der Waals surface area contributed by atoms with E-state index in [2.05, 4.69) is 15.1 Å². The highest BCUT2D eigenvalue weighted by Gasteiger charge is 2.13. The van der Waals surface area contributed by atoms with Crippen LogP contribution in [0, 0.1) is 0 Å². The van der Waals surface area contributed by atoms with E-state index in [1.165, 1.54) is 16.8 Å². The molecular formula is C14H13FN6O. The second-order valence-corrected chi connectivity index (χ2v) is 4.65. The summed E-state index contributed by atoms with van der Waals surface area (Å²) in [7, 11) is 0. The molecule has 0 saturated carbocycles. The van der Waals surface area contributed by atoms with Gasteiger partial charge in [-0.05, 0) is 24.1 Å². The van der Waals surface area contributed by atoms with Crippen LogP contribution in [0.15, 0.2) is 52.3 Å². The van der Waals surface area contributed by atoms with Crippen LogP contribution in [0.25, 0.3) is 11.1 Å². The number of fused-ring (bicyclic) bond motifs is 1. The molecule has 0 saturated heterocycles. The Labute approximate surface area is 124 Å². The molecule has 3 rings (SSSR count). The minimum absolute atomic E-state index is 0.00382. The van der Waals surface area contributed by atoms with Gasteiger partial charge >= 0.3 is 0 Å². The molecule has 2 aromatic rings. The number of anilines is 1. The molecule has 0 spiro atoms. The van der Waals surface area contributed by atoms with Crippen LogP contribution in [0.2, 0.25) is 0 Å². The minimum atomic E-state index is -0.669. The molecule has 0 bridgehead atoms. The van der Waals surface area contributed by atoms with E-state index < -0.39 is 11.4 Å². The van der Waals surface area contributed by atoms with Crippen LogP contribution < -0.4 is 17.0 Å². The molecule has 0 aliphatic carbocycles. The molecular weight excluding hydrogens is 287 g/mol. The number of aliphatic imine (C=N–C) groups is 1. The average molecular weight is 300 g/mol. The molecule has 5 N–H and O–H groups in total. The number of allylic oxidation sites excluding steroid dienone is 4. The Morgan fingerprint density at radius 3 is 3.00 bits per heavy atom. The molecule has 0 atom stereocenters. The highest BCUT2D eigenvalue weighted by molar-refractivity contribution is 5.99. The SMILES string of the molecule is NC1=N/C=C\C\C=C(c2ccn3nc(N)[nH]c(=O)c23)/C=C\1F. The molecule has 22 heavy (non-hydrogen) atoms. The number of nitrogens with one attached hydrogen (secondary N) is 1. The molecule has 3 heterocycles. The number of aromatic nitrogens is 3. The maximum Gasteiger partial charge on any atom is 0.277 e. The Balaban J connectivity index is 2.22. The minimum Gasteiger partial charge on any atom is -0.381 e. The van der Waals surface area contributed by atoms with Crippen LogP contribution in [0.1, 0.15) is 12.0 Å². The van der Waals surface area contributed by atoms with Gasteiger partial charge in [0, 0.05) is 18.0 Å². The lowest BCUT2D eigenvalue weighted by molar-refractivity contribution is 0.680. The highest BCUT2D eigenvalue weighted by atomic mass is 19.1. The molecule has 8 heteroatoms. The van der Waals surface area contributed by atoms with Crippen molar-refractivity contribution >= 4 is 22.9 Å². The normalized spacial score (nSPS) is 24.1. The Morgan fingerprint density at radius 1 is 1.36 bits per heavy atom. The van der Waals surface area contributed by atoms with E-state index >= 15 is 0 Å². The van der Waals surface area contributed by atoms with Crippen molar-refractivity contribution in [1.82, 2.24) is 14.6 Å². The maximum absolute atomic E-state index is 14.0. The molecule has 0 aromatic carbocycles. The first-order chi connectivity index (χ1) is 10.6. The first-order valence-electron chi connectivity index (χ1n) is 6.50. The largest absolute Gasteiger partial charge is 0.381 e. The van der Waals surface area contributed by atoms with Crippen molar-refractivity contribution in [3.8, 4) is 0 Å². The lowest BCUT2D eigenvalue weighted by Crippen LogP contribution is -2.15. The maximum atomic E-state index is 14.0. The number of aromatic amines is 1. The van der Waals surface area contributed by atoms with Crippen molar-refractivity contribution in [1.29, 1.82) is 0 Å². The van der Waals surface area contributed by atoms with Crippen molar-refractivity contribution in [2.75, 3.05) is 5.73 Å². The summed E-state index contributed by atoms with van der Waals surface area (Å²) in [5.41, 5.74) is 12.0. The molecule has 7 nitrogen and oxygen atoms in total. The predicted molar refractivity (Wildman–Crippen MR) is 82.8 cm³/mol. The third-order valence-corrected chi connectivity index (χ3v) is 3.17. The van der Waals surface area contributed by atoms with E-state index in [1.807, 2.05) is 0 Å². The number of halogens is 1. The van der Waals surface area contributed by atoms with E-state index in [4.69, 9.17) is 11.5 Å². The standard InChI is InChI=1S/C14H13FN6O/c15-10-7-8(3-1-2-5-18-12(10)16)9-4-6-21-11(9)13(22)19-14(17)20-21/h2-7H,1H2,(H2,16,18)(H3,17,19,20,22)/b5-2-,8-3+,10-7+. The summed E-state index contributed by atoms with van der Waals surface area (Å²) in [6.45, 7) is 0. The van der Waals surface area contributed by atoms with Gasteiger partial charge in [0.2, 0.25) is 5.95 Å². The molecule has 112 valence electrons. The van der Waals surface area contributed by atoms with Gasteiger partial charge < -0.3 is 11.5 Å². The highest BCUT2D eigenvalue weighted by Crippen LogP contribution is 2.23. The van der Waals surface area contributed by atoms with E-state index in [0.717, 1.165) is 0 Å². The fourth-order valence-corrected chi connectivity index (χ4v) is 2.19. The molecule has 1 aliphatic heterocycles. The lowest BCUT2D eigenvalue weighted by atomic mass is 10.1. The molecule has 1 aliphatic rings. The zero-order valence-electron chi connectivity index (χ0n) is 11.5. The second kappa shape index (κ2) is 5.32. The van der Waals surface area contributed by atoms with Crippen LogP contribution in [0.4, 0.5) is 10.3 Å². The first-order valence-corrected chi connectivity index (χ1v) is 6.50. The van der Waals surface area contributed by atoms with Gasteiger partial charge in [0.05, 0.1) is 0 Å². The third-order valence-electron chi connectivity index (χ3n) is 3.17. The Kier molecular flexibility index (Phi) is 3.34. The van der Waals surface area contributed by atoms with E-state index in [0.29, 0.717) is 17.6 Å². The Hall–Kier alpha value is -3.16. The summed E-state index contributed by atoms with van der Waals surface area (Å²) in [6.07, 6.45) is 8.30. The number of rotatable bonds is 1. The smallest absolute Gasteiger partial charge is 0.277 e. The summed E-state index contributed by atoms with van der Waals surface area (Å²) in [6, 6.07) is 1.67. The van der Waals surface area contributed by atoms with Crippen LogP contribution in [0.3, 0.4) is 0 Å². The van der Waals surface area contributed by atoms with Crippen molar-refractivity contribution in [2.24, 2.45) is 10.7 Å². The van der Waals surface area contributed by atoms with Crippen molar-refractivity contribution in [2.45, 2.75) is 6.42 Å². The fourth-order valence-electron chi connectivity index (χ4n) is 2.19. The molecule has 2 aromatic heterocycles. The van der Waals surface area contributed by atoms with Gasteiger partial charge in [0.15, 0.2) is 11.7 Å².